The van der Waals surface area contributed by atoms with Crippen molar-refractivity contribution in [1.29, 1.82) is 0 Å². The van der Waals surface area contributed by atoms with Crippen molar-refractivity contribution in [2.24, 2.45) is 0 Å². The summed E-state index contributed by atoms with van der Waals surface area (Å²) in [6, 6.07) is -0.933. The number of carbonyl (C=O) groups excluding carboxylic acids is 2. The van der Waals surface area contributed by atoms with Gasteiger partial charge in [-0.15, -0.1) is 0 Å². The summed E-state index contributed by atoms with van der Waals surface area (Å²) in [4.78, 5) is 22.9. The van der Waals surface area contributed by atoms with Gasteiger partial charge in [0, 0.05) is 0 Å². The first kappa shape index (κ1) is 12.2. The van der Waals surface area contributed by atoms with Crippen LogP contribution in [0.15, 0.2) is 0 Å². The second-order valence-corrected chi connectivity index (χ2v) is 3.80. The van der Waals surface area contributed by atoms with E-state index in [1.807, 2.05) is 5.32 Å². The van der Waals surface area contributed by atoms with Crippen LogP contribution in [-0.2, 0) is 9.53 Å². The van der Waals surface area contributed by atoms with E-state index in [0.717, 1.165) is 0 Å². The van der Waals surface area contributed by atoms with Crippen LogP contribution in [0.25, 0.3) is 0 Å². The summed E-state index contributed by atoms with van der Waals surface area (Å²) in [5, 5.41) is 39.2. The Morgan fingerprint density at radius 1 is 1.24 bits per heavy atom. The maximum absolute atomic E-state index is 11.3. The Balaban J connectivity index is 2.18. The van der Waals surface area contributed by atoms with Crippen LogP contribution >= 0.6 is 0 Å². The Hall–Kier alpha value is -1.26. The second kappa shape index (κ2) is 4.20. The van der Waals surface area contributed by atoms with Crippen LogP contribution in [0.3, 0.4) is 0 Å². The Morgan fingerprint density at radius 3 is 2.29 bits per heavy atom. The Labute approximate surface area is 95.2 Å². The summed E-state index contributed by atoms with van der Waals surface area (Å²) in [5.74, 6) is -0.937. The lowest BCUT2D eigenvalue weighted by atomic mass is 10.1. The molecule has 17 heavy (non-hydrogen) atoms. The minimum atomic E-state index is -1.79. The third-order valence-electron chi connectivity index (χ3n) is 2.75. The molecule has 9 heteroatoms. The van der Waals surface area contributed by atoms with E-state index >= 15 is 0 Å². The maximum atomic E-state index is 11.3. The molecule has 3 amide bonds. The van der Waals surface area contributed by atoms with Gasteiger partial charge in [0.2, 0.25) is 6.23 Å². The summed E-state index contributed by atoms with van der Waals surface area (Å²) in [5.41, 5.74) is 0. The van der Waals surface area contributed by atoms with E-state index in [1.165, 1.54) is 0 Å². The molecular weight excluding hydrogens is 236 g/mol. The summed E-state index contributed by atoms with van der Waals surface area (Å²) in [7, 11) is 0. The number of hydrogen-bond donors (Lipinski definition) is 5. The fourth-order valence-corrected chi connectivity index (χ4v) is 1.84. The fraction of sp³-hybridized carbons (Fsp3) is 0.750. The van der Waals surface area contributed by atoms with Gasteiger partial charge in [-0.05, 0) is 0 Å². The van der Waals surface area contributed by atoms with Crippen molar-refractivity contribution in [2.45, 2.75) is 30.8 Å². The Kier molecular flexibility index (Phi) is 3.02. The lowest BCUT2D eigenvalue weighted by Crippen LogP contribution is -2.49. The average Bonchev–Trinajstić information content (AvgIpc) is 2.69. The molecule has 0 aromatic heterocycles. The molecule has 2 aliphatic heterocycles. The summed E-state index contributed by atoms with van der Waals surface area (Å²) in [6.07, 6.45) is -7.17. The fourth-order valence-electron chi connectivity index (χ4n) is 1.84. The molecule has 1 unspecified atom stereocenters. The third-order valence-corrected chi connectivity index (χ3v) is 2.75. The summed E-state index contributed by atoms with van der Waals surface area (Å²) >= 11 is 0. The third kappa shape index (κ3) is 1.77. The molecule has 0 radical (unpaired) electrons. The standard InChI is InChI=1S/C8H12N2O7/c11-1-2-3(12)4(13)7(17-2)10-6(15)5(14)9-8(10)16/h2-4,6-7,11-13,15H,1H2,(H,9,14,16)/t2-,3-,4-,6?,7-/m1/s1. The molecule has 2 aliphatic rings. The number of aliphatic hydroxyl groups excluding tert-OH is 4. The van der Waals surface area contributed by atoms with Crippen LogP contribution < -0.4 is 5.32 Å². The number of amides is 3. The molecule has 5 N–H and O–H groups in total. The van der Waals surface area contributed by atoms with Gasteiger partial charge >= 0.3 is 6.03 Å². The highest BCUT2D eigenvalue weighted by atomic mass is 16.6. The number of hydrogen-bond acceptors (Lipinski definition) is 7. The summed E-state index contributed by atoms with van der Waals surface area (Å²) in [6.45, 7) is -0.561. The summed E-state index contributed by atoms with van der Waals surface area (Å²) < 4.78 is 5.01. The van der Waals surface area contributed by atoms with E-state index in [0.29, 0.717) is 4.90 Å². The van der Waals surface area contributed by atoms with Gasteiger partial charge in [0.05, 0.1) is 6.61 Å². The highest BCUT2D eigenvalue weighted by Gasteiger charge is 2.52. The molecule has 0 bridgehead atoms. The number of nitrogens with one attached hydrogen (secondary N) is 1. The molecule has 0 spiro atoms. The van der Waals surface area contributed by atoms with E-state index in [1.54, 1.807) is 0 Å². The number of nitrogens with zero attached hydrogens (tertiary/aromatic N) is 1. The monoisotopic (exact) mass is 248 g/mol. The molecular formula is C8H12N2O7. The molecule has 2 saturated heterocycles. The maximum Gasteiger partial charge on any atom is 0.328 e. The van der Waals surface area contributed by atoms with E-state index in [2.05, 4.69) is 0 Å². The smallest absolute Gasteiger partial charge is 0.328 e. The molecule has 0 aliphatic carbocycles. The molecule has 2 heterocycles. The predicted molar refractivity (Wildman–Crippen MR) is 49.1 cm³/mol. The topological polar surface area (TPSA) is 140 Å². The second-order valence-electron chi connectivity index (χ2n) is 3.80. The number of aliphatic hydroxyl groups is 4. The van der Waals surface area contributed by atoms with Gasteiger partial charge in [0.25, 0.3) is 5.91 Å². The van der Waals surface area contributed by atoms with Crippen LogP contribution in [0.4, 0.5) is 4.79 Å². The van der Waals surface area contributed by atoms with Gasteiger partial charge in [0.1, 0.15) is 18.3 Å². The predicted octanol–water partition coefficient (Wildman–Crippen LogP) is -3.70. The number of carbonyl (C=O) groups is 2. The first-order valence-corrected chi connectivity index (χ1v) is 4.91. The van der Waals surface area contributed by atoms with Crippen LogP contribution in [0.5, 0.6) is 0 Å². The van der Waals surface area contributed by atoms with E-state index in [4.69, 9.17) is 9.84 Å². The van der Waals surface area contributed by atoms with Crippen molar-refractivity contribution >= 4 is 11.9 Å². The number of urea groups is 1. The highest BCUT2D eigenvalue weighted by Crippen LogP contribution is 2.26. The molecule has 2 rings (SSSR count). The van der Waals surface area contributed by atoms with Crippen molar-refractivity contribution in [3.05, 3.63) is 0 Å². The minimum Gasteiger partial charge on any atom is -0.394 e. The minimum absolute atomic E-state index is 0.561. The number of imide groups is 1. The zero-order chi connectivity index (χ0) is 12.7. The van der Waals surface area contributed by atoms with E-state index < -0.39 is 49.3 Å². The number of rotatable bonds is 2. The van der Waals surface area contributed by atoms with E-state index in [9.17, 15) is 24.9 Å². The molecule has 2 fully saturated rings. The van der Waals surface area contributed by atoms with Crippen LogP contribution in [-0.4, -0.2) is 74.6 Å². The van der Waals surface area contributed by atoms with Gasteiger partial charge in [-0.1, -0.05) is 0 Å². The SMILES string of the molecule is O=C1NC(=O)N([C@@H]2O[C@H](CO)[C@@H](O)[C@H]2O)C1O. The molecule has 5 atom stereocenters. The largest absolute Gasteiger partial charge is 0.394 e. The van der Waals surface area contributed by atoms with Gasteiger partial charge in [-0.2, -0.15) is 0 Å². The van der Waals surface area contributed by atoms with Gasteiger partial charge < -0.3 is 25.2 Å². The van der Waals surface area contributed by atoms with Crippen molar-refractivity contribution in [2.75, 3.05) is 6.61 Å². The molecule has 96 valence electrons. The molecule has 9 nitrogen and oxygen atoms in total. The van der Waals surface area contributed by atoms with Crippen molar-refractivity contribution in [3.8, 4) is 0 Å². The van der Waals surface area contributed by atoms with Gasteiger partial charge in [-0.25, -0.2) is 4.79 Å². The van der Waals surface area contributed by atoms with Crippen LogP contribution in [0.2, 0.25) is 0 Å². The first-order valence-electron chi connectivity index (χ1n) is 4.91. The zero-order valence-corrected chi connectivity index (χ0v) is 8.55. The van der Waals surface area contributed by atoms with Crippen LogP contribution in [0.1, 0.15) is 0 Å². The lowest BCUT2D eigenvalue weighted by Gasteiger charge is -2.26. The van der Waals surface area contributed by atoms with E-state index in [-0.39, 0.29) is 0 Å². The van der Waals surface area contributed by atoms with Gasteiger partial charge in [-0.3, -0.25) is 15.0 Å². The lowest BCUT2D eigenvalue weighted by molar-refractivity contribution is -0.146. The van der Waals surface area contributed by atoms with Crippen LogP contribution in [0, 0.1) is 0 Å². The quantitative estimate of drug-likeness (QED) is 0.317. The number of ether oxygens (including phenoxy) is 1. The van der Waals surface area contributed by atoms with Crippen molar-refractivity contribution in [1.82, 2.24) is 10.2 Å². The molecule has 0 aromatic rings. The Bertz CT molecular complexity index is 349. The molecule has 0 aromatic carbocycles. The van der Waals surface area contributed by atoms with Gasteiger partial charge in [0.15, 0.2) is 6.23 Å². The van der Waals surface area contributed by atoms with Crippen molar-refractivity contribution in [3.63, 3.8) is 0 Å². The average molecular weight is 248 g/mol. The zero-order valence-electron chi connectivity index (χ0n) is 8.55. The normalized spacial score (nSPS) is 42.1. The van der Waals surface area contributed by atoms with Crippen molar-refractivity contribution < 1.29 is 34.8 Å². The highest BCUT2D eigenvalue weighted by molar-refractivity contribution is 6.03. The molecule has 0 saturated carbocycles. The Morgan fingerprint density at radius 2 is 1.88 bits per heavy atom. The first-order chi connectivity index (χ1) is 7.97.